The van der Waals surface area contributed by atoms with Gasteiger partial charge in [-0.3, -0.25) is 4.79 Å². The van der Waals surface area contributed by atoms with Crippen molar-refractivity contribution in [2.45, 2.75) is 58.0 Å². The van der Waals surface area contributed by atoms with Gasteiger partial charge in [-0.15, -0.1) is 0 Å². The van der Waals surface area contributed by atoms with Crippen LogP contribution in [-0.4, -0.2) is 10.9 Å². The van der Waals surface area contributed by atoms with Gasteiger partial charge in [0.1, 0.15) is 5.78 Å². The van der Waals surface area contributed by atoms with Crippen LogP contribution in [0.5, 0.6) is 0 Å². The molecule has 0 amide bonds. The Kier molecular flexibility index (Phi) is 7.35. The molecule has 0 aliphatic rings. The zero-order valence-corrected chi connectivity index (χ0v) is 11.3. The van der Waals surface area contributed by atoms with Gasteiger partial charge >= 0.3 is 0 Å². The standard InChI is InChI=1S/C16H24O2/c1-2-3-5-11-15(17)12-8-13-16(18)14-9-6-4-7-10-14/h4,6-7,9-10,16,18H,2-3,5,8,11-13H2,1H3. The molecule has 1 N–H and O–H groups in total. The predicted molar refractivity (Wildman–Crippen MR) is 74.4 cm³/mol. The molecule has 0 aromatic heterocycles. The minimum atomic E-state index is -0.436. The average molecular weight is 248 g/mol. The first-order valence-electron chi connectivity index (χ1n) is 6.98. The third kappa shape index (κ3) is 5.97. The van der Waals surface area contributed by atoms with E-state index < -0.39 is 6.10 Å². The van der Waals surface area contributed by atoms with Crippen LogP contribution in [0.25, 0.3) is 0 Å². The highest BCUT2D eigenvalue weighted by Gasteiger charge is 2.08. The van der Waals surface area contributed by atoms with Gasteiger partial charge < -0.3 is 5.11 Å². The molecule has 100 valence electrons. The molecule has 1 rings (SSSR count). The Balaban J connectivity index is 2.16. The molecule has 0 radical (unpaired) electrons. The molecule has 2 nitrogen and oxygen atoms in total. The molecule has 0 saturated heterocycles. The highest BCUT2D eigenvalue weighted by molar-refractivity contribution is 5.78. The highest BCUT2D eigenvalue weighted by atomic mass is 16.3. The fourth-order valence-corrected chi connectivity index (χ4v) is 2.03. The van der Waals surface area contributed by atoms with Crippen molar-refractivity contribution in [1.29, 1.82) is 0 Å². The van der Waals surface area contributed by atoms with Crippen LogP contribution < -0.4 is 0 Å². The van der Waals surface area contributed by atoms with E-state index in [1.165, 1.54) is 0 Å². The van der Waals surface area contributed by atoms with Crippen molar-refractivity contribution in [1.82, 2.24) is 0 Å². The number of carbonyl (C=O) groups is 1. The summed E-state index contributed by atoms with van der Waals surface area (Å²) < 4.78 is 0. The second kappa shape index (κ2) is 8.87. The minimum Gasteiger partial charge on any atom is -0.388 e. The zero-order chi connectivity index (χ0) is 13.2. The average Bonchev–Trinajstić information content (AvgIpc) is 2.40. The molecule has 0 fully saturated rings. The molecule has 0 aliphatic carbocycles. The summed E-state index contributed by atoms with van der Waals surface area (Å²) in [5, 5.41) is 9.94. The first-order chi connectivity index (χ1) is 8.74. The lowest BCUT2D eigenvalue weighted by molar-refractivity contribution is -0.119. The molecule has 2 heteroatoms. The van der Waals surface area contributed by atoms with Crippen LogP contribution in [0.15, 0.2) is 30.3 Å². The number of benzene rings is 1. The summed E-state index contributed by atoms with van der Waals surface area (Å²) in [5.74, 6) is 0.337. The molecule has 18 heavy (non-hydrogen) atoms. The second-order valence-electron chi connectivity index (χ2n) is 4.81. The largest absolute Gasteiger partial charge is 0.388 e. The van der Waals surface area contributed by atoms with Crippen LogP contribution in [0.3, 0.4) is 0 Å². The number of Topliss-reactive ketones (excluding diaryl/α,β-unsaturated/α-hetero) is 1. The topological polar surface area (TPSA) is 37.3 Å². The van der Waals surface area contributed by atoms with Gasteiger partial charge in [0.05, 0.1) is 6.10 Å². The lowest BCUT2D eigenvalue weighted by Crippen LogP contribution is -2.01. The highest BCUT2D eigenvalue weighted by Crippen LogP contribution is 2.19. The monoisotopic (exact) mass is 248 g/mol. The Morgan fingerprint density at radius 3 is 2.44 bits per heavy atom. The fourth-order valence-electron chi connectivity index (χ4n) is 2.03. The van der Waals surface area contributed by atoms with Crippen LogP contribution in [0.1, 0.15) is 63.5 Å². The molecule has 1 aromatic rings. The van der Waals surface area contributed by atoms with Crippen LogP contribution in [-0.2, 0) is 4.79 Å². The fraction of sp³-hybridized carbons (Fsp3) is 0.562. The Morgan fingerprint density at radius 2 is 1.78 bits per heavy atom. The van der Waals surface area contributed by atoms with Crippen LogP contribution >= 0.6 is 0 Å². The number of ketones is 1. The first kappa shape index (κ1) is 14.9. The number of aliphatic hydroxyl groups is 1. The summed E-state index contributed by atoms with van der Waals surface area (Å²) in [4.78, 5) is 11.6. The number of unbranched alkanes of at least 4 members (excludes halogenated alkanes) is 2. The number of carbonyl (C=O) groups excluding carboxylic acids is 1. The molecule has 0 aliphatic heterocycles. The summed E-state index contributed by atoms with van der Waals surface area (Å²) in [6, 6.07) is 9.64. The maximum atomic E-state index is 11.6. The van der Waals surface area contributed by atoms with Gasteiger partial charge in [0, 0.05) is 12.8 Å². The Bertz CT molecular complexity index is 332. The smallest absolute Gasteiger partial charge is 0.132 e. The van der Waals surface area contributed by atoms with Crippen molar-refractivity contribution in [3.05, 3.63) is 35.9 Å². The van der Waals surface area contributed by atoms with Crippen molar-refractivity contribution < 1.29 is 9.90 Å². The van der Waals surface area contributed by atoms with E-state index in [2.05, 4.69) is 6.92 Å². The number of hydrogen-bond acceptors (Lipinski definition) is 2. The van der Waals surface area contributed by atoms with E-state index in [9.17, 15) is 9.90 Å². The maximum Gasteiger partial charge on any atom is 0.132 e. The lowest BCUT2D eigenvalue weighted by atomic mass is 10.0. The van der Waals surface area contributed by atoms with Crippen LogP contribution in [0, 0.1) is 0 Å². The SMILES string of the molecule is CCCCCC(=O)CCCC(O)c1ccccc1. The molecule has 0 bridgehead atoms. The molecule has 1 unspecified atom stereocenters. The summed E-state index contributed by atoms with van der Waals surface area (Å²) in [5.41, 5.74) is 0.941. The number of hydrogen-bond donors (Lipinski definition) is 1. The molecular formula is C16H24O2. The molecule has 1 atom stereocenters. The number of rotatable bonds is 9. The number of aliphatic hydroxyl groups excluding tert-OH is 1. The van der Waals surface area contributed by atoms with Crippen molar-refractivity contribution in [2.24, 2.45) is 0 Å². The van der Waals surface area contributed by atoms with Crippen LogP contribution in [0.4, 0.5) is 0 Å². The first-order valence-corrected chi connectivity index (χ1v) is 6.98. The Hall–Kier alpha value is -1.15. The third-order valence-electron chi connectivity index (χ3n) is 3.18. The van der Waals surface area contributed by atoms with E-state index in [4.69, 9.17) is 0 Å². The van der Waals surface area contributed by atoms with E-state index in [-0.39, 0.29) is 0 Å². The molecular weight excluding hydrogens is 224 g/mol. The van der Waals surface area contributed by atoms with Crippen molar-refractivity contribution in [3.63, 3.8) is 0 Å². The third-order valence-corrected chi connectivity index (χ3v) is 3.18. The summed E-state index contributed by atoms with van der Waals surface area (Å²) >= 11 is 0. The van der Waals surface area contributed by atoms with Crippen molar-refractivity contribution in [2.75, 3.05) is 0 Å². The van der Waals surface area contributed by atoms with Crippen molar-refractivity contribution >= 4 is 5.78 Å². The van der Waals surface area contributed by atoms with E-state index in [0.29, 0.717) is 25.0 Å². The minimum absolute atomic E-state index is 0.337. The second-order valence-corrected chi connectivity index (χ2v) is 4.81. The van der Waals surface area contributed by atoms with E-state index in [1.54, 1.807) is 0 Å². The van der Waals surface area contributed by atoms with E-state index in [0.717, 1.165) is 31.2 Å². The van der Waals surface area contributed by atoms with Gasteiger partial charge in [-0.2, -0.15) is 0 Å². The van der Waals surface area contributed by atoms with Gasteiger partial charge in [-0.25, -0.2) is 0 Å². The maximum absolute atomic E-state index is 11.6. The van der Waals surface area contributed by atoms with E-state index in [1.807, 2.05) is 30.3 Å². The molecule has 0 heterocycles. The van der Waals surface area contributed by atoms with Gasteiger partial charge in [0.15, 0.2) is 0 Å². The Morgan fingerprint density at radius 1 is 1.11 bits per heavy atom. The van der Waals surface area contributed by atoms with E-state index >= 15 is 0 Å². The molecule has 1 aromatic carbocycles. The summed E-state index contributed by atoms with van der Waals surface area (Å²) in [6.45, 7) is 2.14. The van der Waals surface area contributed by atoms with Gasteiger partial charge in [0.25, 0.3) is 0 Å². The molecule has 0 saturated carbocycles. The normalized spacial score (nSPS) is 12.3. The Labute approximate surface area is 110 Å². The van der Waals surface area contributed by atoms with Crippen molar-refractivity contribution in [3.8, 4) is 0 Å². The zero-order valence-electron chi connectivity index (χ0n) is 11.3. The lowest BCUT2D eigenvalue weighted by Gasteiger charge is -2.10. The van der Waals surface area contributed by atoms with Crippen LogP contribution in [0.2, 0.25) is 0 Å². The molecule has 0 spiro atoms. The summed E-state index contributed by atoms with van der Waals surface area (Å²) in [7, 11) is 0. The van der Waals surface area contributed by atoms with Gasteiger partial charge in [0.2, 0.25) is 0 Å². The van der Waals surface area contributed by atoms with Gasteiger partial charge in [-0.1, -0.05) is 50.1 Å². The van der Waals surface area contributed by atoms with Gasteiger partial charge in [-0.05, 0) is 24.8 Å². The summed E-state index contributed by atoms with van der Waals surface area (Å²) in [6.07, 6.45) is 5.62. The predicted octanol–water partition coefficient (Wildman–Crippen LogP) is 4.04. The quantitative estimate of drug-likeness (QED) is 0.670.